The number of aromatic carboxylic acids is 1. The highest BCUT2D eigenvalue weighted by atomic mass is 35.5. The Morgan fingerprint density at radius 3 is 2.56 bits per heavy atom. The first kappa shape index (κ1) is 29.8. The lowest BCUT2D eigenvalue weighted by atomic mass is 10.0. The minimum atomic E-state index is -1.17. The van der Waals surface area contributed by atoms with Gasteiger partial charge in [0.1, 0.15) is 12.2 Å². The van der Waals surface area contributed by atoms with Gasteiger partial charge in [-0.25, -0.2) is 4.79 Å². The Balaban J connectivity index is 1.73. The minimum absolute atomic E-state index is 0.0357. The van der Waals surface area contributed by atoms with Crippen molar-refractivity contribution in [3.05, 3.63) is 105 Å². The van der Waals surface area contributed by atoms with Gasteiger partial charge in [-0.2, -0.15) is 0 Å². The van der Waals surface area contributed by atoms with Crippen molar-refractivity contribution in [2.75, 3.05) is 11.5 Å². The molecular formula is C30H24Cl2N2O6S. The van der Waals surface area contributed by atoms with Crippen LogP contribution in [-0.2, 0) is 22.6 Å². The Morgan fingerprint density at radius 1 is 1.10 bits per heavy atom. The number of allylic oxidation sites excluding steroid dienone is 1. The molecule has 1 aliphatic rings. The molecule has 0 unspecified atom stereocenters. The van der Waals surface area contributed by atoms with Crippen LogP contribution in [0.5, 0.6) is 11.5 Å². The molecule has 1 saturated heterocycles. The number of carbonyl (C=O) groups excluding carboxylic acids is 2. The number of thiocarbonyl (C=S) groups is 1. The van der Waals surface area contributed by atoms with Crippen LogP contribution in [0.25, 0.3) is 6.08 Å². The van der Waals surface area contributed by atoms with E-state index in [1.807, 2.05) is 6.92 Å². The molecule has 4 rings (SSSR count). The monoisotopic (exact) mass is 610 g/mol. The van der Waals surface area contributed by atoms with E-state index in [-0.39, 0.29) is 28.5 Å². The van der Waals surface area contributed by atoms with Crippen molar-refractivity contribution in [1.29, 1.82) is 0 Å². The SMILES string of the molecule is C=CCc1cc(C=C2C(=O)NC(=S)N(c3cccc(C(=O)O)c3)C2=O)cc(OCC)c1OCc1ccc(Cl)cc1Cl. The van der Waals surface area contributed by atoms with Crippen molar-refractivity contribution in [3.63, 3.8) is 0 Å². The van der Waals surface area contributed by atoms with Gasteiger partial charge in [0.15, 0.2) is 16.6 Å². The van der Waals surface area contributed by atoms with Crippen molar-refractivity contribution in [2.24, 2.45) is 0 Å². The van der Waals surface area contributed by atoms with Gasteiger partial charge >= 0.3 is 5.97 Å². The molecule has 0 bridgehead atoms. The summed E-state index contributed by atoms with van der Waals surface area (Å²) in [6, 6.07) is 14.2. The molecule has 210 valence electrons. The first-order valence-corrected chi connectivity index (χ1v) is 13.5. The van der Waals surface area contributed by atoms with E-state index in [0.29, 0.717) is 45.7 Å². The van der Waals surface area contributed by atoms with Gasteiger partial charge in [-0.1, -0.05) is 41.4 Å². The van der Waals surface area contributed by atoms with Crippen LogP contribution in [-0.4, -0.2) is 34.6 Å². The number of anilines is 1. The maximum absolute atomic E-state index is 13.5. The smallest absolute Gasteiger partial charge is 0.335 e. The van der Waals surface area contributed by atoms with Crippen LogP contribution in [0.1, 0.15) is 34.0 Å². The first-order chi connectivity index (χ1) is 19.6. The summed E-state index contributed by atoms with van der Waals surface area (Å²) in [6.07, 6.45) is 3.51. The van der Waals surface area contributed by atoms with Crippen molar-refractivity contribution in [1.82, 2.24) is 5.32 Å². The average Bonchev–Trinajstić information content (AvgIpc) is 2.92. The second-order valence-corrected chi connectivity index (χ2v) is 10.0. The van der Waals surface area contributed by atoms with E-state index in [2.05, 4.69) is 11.9 Å². The molecule has 11 heteroatoms. The molecule has 2 amide bonds. The third-order valence-electron chi connectivity index (χ3n) is 5.97. The lowest BCUT2D eigenvalue weighted by molar-refractivity contribution is -0.122. The first-order valence-electron chi connectivity index (χ1n) is 12.3. The third kappa shape index (κ3) is 6.77. The summed E-state index contributed by atoms with van der Waals surface area (Å²) in [5, 5.41) is 12.7. The molecule has 3 aromatic carbocycles. The van der Waals surface area contributed by atoms with Crippen molar-refractivity contribution < 1.29 is 29.0 Å². The van der Waals surface area contributed by atoms with Crippen LogP contribution in [0.3, 0.4) is 0 Å². The summed E-state index contributed by atoms with van der Waals surface area (Å²) in [5.74, 6) is -1.70. The number of hydrogen-bond donors (Lipinski definition) is 2. The normalized spacial score (nSPS) is 14.2. The van der Waals surface area contributed by atoms with E-state index in [4.69, 9.17) is 44.9 Å². The summed E-state index contributed by atoms with van der Waals surface area (Å²) < 4.78 is 12.0. The maximum Gasteiger partial charge on any atom is 0.335 e. The van der Waals surface area contributed by atoms with Gasteiger partial charge < -0.3 is 14.6 Å². The summed E-state index contributed by atoms with van der Waals surface area (Å²) in [6.45, 7) is 6.12. The Morgan fingerprint density at radius 2 is 1.88 bits per heavy atom. The molecule has 1 heterocycles. The molecule has 1 fully saturated rings. The fourth-order valence-electron chi connectivity index (χ4n) is 4.13. The van der Waals surface area contributed by atoms with E-state index in [1.165, 1.54) is 30.3 Å². The van der Waals surface area contributed by atoms with Gasteiger partial charge in [-0.15, -0.1) is 6.58 Å². The van der Waals surface area contributed by atoms with Gasteiger partial charge in [0.25, 0.3) is 11.8 Å². The second-order valence-electron chi connectivity index (χ2n) is 8.77. The molecule has 0 radical (unpaired) electrons. The van der Waals surface area contributed by atoms with E-state index in [0.717, 1.165) is 10.5 Å². The number of halogens is 2. The fraction of sp³-hybridized carbons (Fsp3) is 0.133. The Kier molecular flexibility index (Phi) is 9.44. The molecule has 41 heavy (non-hydrogen) atoms. The summed E-state index contributed by atoms with van der Waals surface area (Å²) >= 11 is 17.6. The zero-order valence-electron chi connectivity index (χ0n) is 21.8. The highest BCUT2D eigenvalue weighted by Gasteiger charge is 2.35. The number of rotatable bonds is 10. The van der Waals surface area contributed by atoms with Gasteiger partial charge in [0.2, 0.25) is 0 Å². The maximum atomic E-state index is 13.5. The van der Waals surface area contributed by atoms with Crippen molar-refractivity contribution in [2.45, 2.75) is 20.0 Å². The molecule has 1 aliphatic heterocycles. The number of amides is 2. The van der Waals surface area contributed by atoms with Crippen LogP contribution in [0.4, 0.5) is 5.69 Å². The number of ether oxygens (including phenoxy) is 2. The predicted octanol–water partition coefficient (Wildman–Crippen LogP) is 6.23. The Hall–Kier alpha value is -4.18. The van der Waals surface area contributed by atoms with E-state index in [9.17, 15) is 19.5 Å². The van der Waals surface area contributed by atoms with E-state index >= 15 is 0 Å². The summed E-state index contributed by atoms with van der Waals surface area (Å²) in [4.78, 5) is 38.9. The third-order valence-corrected chi connectivity index (χ3v) is 6.84. The van der Waals surface area contributed by atoms with Gasteiger partial charge in [-0.3, -0.25) is 19.8 Å². The molecule has 0 spiro atoms. The quantitative estimate of drug-likeness (QED) is 0.121. The Labute approximate surface area is 251 Å². The number of nitrogens with zero attached hydrogens (tertiary/aromatic N) is 1. The molecule has 0 aliphatic carbocycles. The molecule has 2 N–H and O–H groups in total. The van der Waals surface area contributed by atoms with Crippen LogP contribution in [0.2, 0.25) is 10.0 Å². The number of carbonyl (C=O) groups is 3. The zero-order valence-corrected chi connectivity index (χ0v) is 24.1. The number of hydrogen-bond acceptors (Lipinski definition) is 6. The molecular weight excluding hydrogens is 587 g/mol. The minimum Gasteiger partial charge on any atom is -0.490 e. The number of benzene rings is 3. The molecule has 3 aromatic rings. The fourth-order valence-corrected chi connectivity index (χ4v) is 4.87. The van der Waals surface area contributed by atoms with Crippen molar-refractivity contribution >= 4 is 70.1 Å². The Bertz CT molecular complexity index is 1600. The molecule has 8 nitrogen and oxygen atoms in total. The summed E-state index contributed by atoms with van der Waals surface area (Å²) in [5.41, 5.74) is 1.89. The van der Waals surface area contributed by atoms with E-state index in [1.54, 1.807) is 36.4 Å². The highest BCUT2D eigenvalue weighted by Crippen LogP contribution is 2.36. The molecule has 0 aromatic heterocycles. The van der Waals surface area contributed by atoms with Gasteiger partial charge in [-0.05, 0) is 79.7 Å². The average molecular weight is 612 g/mol. The lowest BCUT2D eigenvalue weighted by Crippen LogP contribution is -2.54. The number of carboxylic acids is 1. The van der Waals surface area contributed by atoms with E-state index < -0.39 is 17.8 Å². The topological polar surface area (TPSA) is 105 Å². The largest absolute Gasteiger partial charge is 0.490 e. The van der Waals surface area contributed by atoms with Gasteiger partial charge in [0.05, 0.1) is 17.9 Å². The standard InChI is InChI=1S/C30H24Cl2N2O6S/c1-3-6-18-11-17(13-25(39-4-2)26(18)40-16-20-9-10-21(31)15-24(20)32)12-23-27(35)33-30(41)34(28(23)36)22-8-5-7-19(14-22)29(37)38/h3,5,7-15H,1,4,6,16H2,2H3,(H,37,38)(H,33,35,41). The predicted molar refractivity (Wildman–Crippen MR) is 162 cm³/mol. The molecule has 0 saturated carbocycles. The second kappa shape index (κ2) is 13.0. The van der Waals surface area contributed by atoms with Crippen LogP contribution in [0.15, 0.2) is 72.8 Å². The van der Waals surface area contributed by atoms with Crippen LogP contribution >= 0.6 is 35.4 Å². The summed E-state index contributed by atoms with van der Waals surface area (Å²) in [7, 11) is 0. The van der Waals surface area contributed by atoms with Crippen LogP contribution < -0.4 is 19.7 Å². The number of carboxylic acid groups (broad SMARTS) is 1. The lowest BCUT2D eigenvalue weighted by Gasteiger charge is -2.29. The zero-order chi connectivity index (χ0) is 29.7. The van der Waals surface area contributed by atoms with Crippen molar-refractivity contribution in [3.8, 4) is 11.5 Å². The molecule has 0 atom stereocenters. The van der Waals surface area contributed by atoms with Crippen LogP contribution in [0, 0.1) is 0 Å². The van der Waals surface area contributed by atoms with Gasteiger partial charge in [0, 0.05) is 21.2 Å². The highest BCUT2D eigenvalue weighted by molar-refractivity contribution is 7.80. The number of nitrogens with one attached hydrogen (secondary N) is 1.